The van der Waals surface area contributed by atoms with E-state index in [1.54, 1.807) is 0 Å². The van der Waals surface area contributed by atoms with E-state index in [9.17, 15) is 0 Å². The van der Waals surface area contributed by atoms with Crippen LogP contribution in [0.15, 0.2) is 35.3 Å². The monoisotopic (exact) mass is 567 g/mol. The molecule has 0 amide bonds. The number of rotatable bonds is 8. The molecule has 0 spiro atoms. The fourth-order valence-corrected chi connectivity index (χ4v) is 6.15. The van der Waals surface area contributed by atoms with Gasteiger partial charge in [0.2, 0.25) is 0 Å². The van der Waals surface area contributed by atoms with E-state index < -0.39 is 0 Å². The Kier molecular flexibility index (Phi) is 11.2. The number of aliphatic imine (C=N–C) groups is 1. The molecule has 1 aromatic rings. The Labute approximate surface area is 219 Å². The number of hydrogen-bond donors (Lipinski definition) is 2. The molecule has 6 heteroatoms. The summed E-state index contributed by atoms with van der Waals surface area (Å²) in [5, 5.41) is 7.29. The van der Waals surface area contributed by atoms with E-state index in [0.29, 0.717) is 6.04 Å². The third-order valence-electron chi connectivity index (χ3n) is 8.17. The smallest absolute Gasteiger partial charge is 0.191 e. The van der Waals surface area contributed by atoms with Gasteiger partial charge in [-0.1, -0.05) is 36.8 Å². The molecular formula is C27H46IN5. The van der Waals surface area contributed by atoms with Crippen molar-refractivity contribution in [2.24, 2.45) is 10.9 Å². The first kappa shape index (κ1) is 26.7. The quantitative estimate of drug-likeness (QED) is 0.210. The lowest BCUT2D eigenvalue weighted by molar-refractivity contribution is 0.0526. The molecule has 4 rings (SSSR count). The fraction of sp³-hybridized carbons (Fsp3) is 0.741. The van der Waals surface area contributed by atoms with Crippen LogP contribution in [-0.2, 0) is 6.42 Å². The SMILES string of the molecule is CN=C(NCCCCN1CCC(Cc2ccccc2)CC1)NC1CC2CCCC(C1)N2C.I. The highest BCUT2D eigenvalue weighted by molar-refractivity contribution is 14.0. The summed E-state index contributed by atoms with van der Waals surface area (Å²) in [5.41, 5.74) is 1.50. The molecule has 3 aliphatic rings. The molecule has 33 heavy (non-hydrogen) atoms. The van der Waals surface area contributed by atoms with Crippen LogP contribution in [0.1, 0.15) is 63.4 Å². The van der Waals surface area contributed by atoms with Gasteiger partial charge in [-0.25, -0.2) is 0 Å². The molecule has 2 N–H and O–H groups in total. The molecule has 2 bridgehead atoms. The highest BCUT2D eigenvalue weighted by Gasteiger charge is 2.36. The van der Waals surface area contributed by atoms with Crippen molar-refractivity contribution in [2.45, 2.75) is 82.3 Å². The van der Waals surface area contributed by atoms with Crippen molar-refractivity contribution < 1.29 is 0 Å². The summed E-state index contributed by atoms with van der Waals surface area (Å²) in [4.78, 5) is 9.80. The summed E-state index contributed by atoms with van der Waals surface area (Å²) < 4.78 is 0. The molecule has 0 aliphatic carbocycles. The Morgan fingerprint density at radius 2 is 1.70 bits per heavy atom. The Balaban J connectivity index is 0.00000306. The van der Waals surface area contributed by atoms with Gasteiger partial charge < -0.3 is 20.4 Å². The van der Waals surface area contributed by atoms with E-state index in [4.69, 9.17) is 0 Å². The second-order valence-electron chi connectivity index (χ2n) is 10.4. The first-order valence-corrected chi connectivity index (χ1v) is 13.2. The predicted octanol–water partition coefficient (Wildman–Crippen LogP) is 4.52. The molecule has 2 atom stereocenters. The Morgan fingerprint density at radius 3 is 2.36 bits per heavy atom. The van der Waals surface area contributed by atoms with E-state index in [0.717, 1.165) is 30.5 Å². The van der Waals surface area contributed by atoms with Crippen LogP contribution >= 0.6 is 24.0 Å². The number of halogens is 1. The van der Waals surface area contributed by atoms with Gasteiger partial charge in [0.05, 0.1) is 0 Å². The van der Waals surface area contributed by atoms with Crippen molar-refractivity contribution in [3.8, 4) is 0 Å². The van der Waals surface area contributed by atoms with Crippen LogP contribution in [-0.4, -0.2) is 74.2 Å². The zero-order valence-electron chi connectivity index (χ0n) is 20.8. The summed E-state index contributed by atoms with van der Waals surface area (Å²) >= 11 is 0. The van der Waals surface area contributed by atoms with Crippen LogP contribution in [0.25, 0.3) is 0 Å². The van der Waals surface area contributed by atoms with Crippen molar-refractivity contribution in [2.75, 3.05) is 40.3 Å². The number of unbranched alkanes of at least 4 members (excludes halogenated alkanes) is 1. The molecule has 5 nitrogen and oxygen atoms in total. The molecule has 3 saturated heterocycles. The number of benzene rings is 1. The molecule has 3 fully saturated rings. The molecule has 1 aromatic carbocycles. The lowest BCUT2D eigenvalue weighted by Gasteiger charge is -2.47. The third-order valence-corrected chi connectivity index (χ3v) is 8.17. The van der Waals surface area contributed by atoms with Crippen molar-refractivity contribution in [1.29, 1.82) is 0 Å². The maximum atomic E-state index is 4.50. The summed E-state index contributed by atoms with van der Waals surface area (Å²) in [5.74, 6) is 1.86. The molecular weight excluding hydrogens is 521 g/mol. The third kappa shape index (κ3) is 8.10. The van der Waals surface area contributed by atoms with Gasteiger partial charge in [-0.2, -0.15) is 0 Å². The minimum Gasteiger partial charge on any atom is -0.356 e. The summed E-state index contributed by atoms with van der Waals surface area (Å²) in [6.07, 6.45) is 13.1. The maximum absolute atomic E-state index is 4.50. The van der Waals surface area contributed by atoms with Gasteiger partial charge in [0.15, 0.2) is 5.96 Å². The van der Waals surface area contributed by atoms with Crippen LogP contribution in [0.2, 0.25) is 0 Å². The van der Waals surface area contributed by atoms with E-state index in [1.807, 2.05) is 7.05 Å². The van der Waals surface area contributed by atoms with Crippen molar-refractivity contribution in [1.82, 2.24) is 20.4 Å². The van der Waals surface area contributed by atoms with E-state index in [2.05, 4.69) is 62.8 Å². The van der Waals surface area contributed by atoms with Crippen LogP contribution < -0.4 is 10.6 Å². The number of hydrogen-bond acceptors (Lipinski definition) is 3. The van der Waals surface area contributed by atoms with Crippen LogP contribution in [0.4, 0.5) is 0 Å². The number of piperidine rings is 3. The highest BCUT2D eigenvalue weighted by Crippen LogP contribution is 2.32. The lowest BCUT2D eigenvalue weighted by Crippen LogP contribution is -2.56. The van der Waals surface area contributed by atoms with Crippen LogP contribution in [0, 0.1) is 5.92 Å². The predicted molar refractivity (Wildman–Crippen MR) is 151 cm³/mol. The molecule has 186 valence electrons. The molecule has 0 radical (unpaired) electrons. The number of nitrogens with zero attached hydrogens (tertiary/aromatic N) is 3. The van der Waals surface area contributed by atoms with Gasteiger partial charge in [-0.05, 0) is 96.0 Å². The number of guanidine groups is 1. The number of fused-ring (bicyclic) bond motifs is 2. The summed E-state index contributed by atoms with van der Waals surface area (Å²) in [6.45, 7) is 4.80. The normalized spacial score (nSPS) is 27.1. The zero-order chi connectivity index (χ0) is 22.2. The van der Waals surface area contributed by atoms with Crippen LogP contribution in [0.5, 0.6) is 0 Å². The fourth-order valence-electron chi connectivity index (χ4n) is 6.15. The molecule has 0 aromatic heterocycles. The standard InChI is InChI=1S/C27H45N5.HI/c1-28-27(30-24-20-25-11-8-12-26(21-24)31(25)2)29-15-6-7-16-32-17-13-23(14-18-32)19-22-9-4-3-5-10-22;/h3-5,9-10,23-26H,6-8,11-21H2,1-2H3,(H2,28,29,30);1H. The van der Waals surface area contributed by atoms with Gasteiger partial charge in [0.25, 0.3) is 0 Å². The molecule has 3 aliphatic heterocycles. The Bertz CT molecular complexity index is 690. The first-order chi connectivity index (χ1) is 15.7. The van der Waals surface area contributed by atoms with Gasteiger partial charge in [-0.3, -0.25) is 4.99 Å². The van der Waals surface area contributed by atoms with E-state index >= 15 is 0 Å². The minimum atomic E-state index is 0. The highest BCUT2D eigenvalue weighted by atomic mass is 127. The topological polar surface area (TPSA) is 42.9 Å². The van der Waals surface area contributed by atoms with Crippen molar-refractivity contribution in [3.63, 3.8) is 0 Å². The first-order valence-electron chi connectivity index (χ1n) is 13.2. The van der Waals surface area contributed by atoms with Gasteiger partial charge in [0.1, 0.15) is 0 Å². The maximum Gasteiger partial charge on any atom is 0.191 e. The van der Waals surface area contributed by atoms with Gasteiger partial charge in [0, 0.05) is 31.7 Å². The van der Waals surface area contributed by atoms with E-state index in [-0.39, 0.29) is 24.0 Å². The molecule has 3 heterocycles. The number of nitrogens with one attached hydrogen (secondary N) is 2. The van der Waals surface area contributed by atoms with Crippen LogP contribution in [0.3, 0.4) is 0 Å². The summed E-state index contributed by atoms with van der Waals surface area (Å²) in [6, 6.07) is 13.1. The summed E-state index contributed by atoms with van der Waals surface area (Å²) in [7, 11) is 4.23. The Hall–Kier alpha value is -0.860. The second-order valence-corrected chi connectivity index (χ2v) is 10.4. The average Bonchev–Trinajstić information content (AvgIpc) is 2.80. The second kappa shape index (κ2) is 13.9. The average molecular weight is 568 g/mol. The minimum absolute atomic E-state index is 0. The lowest BCUT2D eigenvalue weighted by atomic mass is 9.82. The molecule has 0 saturated carbocycles. The Morgan fingerprint density at radius 1 is 1.00 bits per heavy atom. The van der Waals surface area contributed by atoms with Crippen molar-refractivity contribution >= 4 is 29.9 Å². The van der Waals surface area contributed by atoms with Crippen molar-refractivity contribution in [3.05, 3.63) is 35.9 Å². The van der Waals surface area contributed by atoms with Gasteiger partial charge in [-0.15, -0.1) is 24.0 Å². The van der Waals surface area contributed by atoms with Gasteiger partial charge >= 0.3 is 0 Å². The zero-order valence-corrected chi connectivity index (χ0v) is 23.2. The largest absolute Gasteiger partial charge is 0.356 e. The van der Waals surface area contributed by atoms with E-state index in [1.165, 1.54) is 89.4 Å². The molecule has 2 unspecified atom stereocenters. The number of likely N-dealkylation sites (tertiary alicyclic amines) is 1.